The van der Waals surface area contributed by atoms with Crippen LogP contribution in [0.5, 0.6) is 0 Å². The Morgan fingerprint density at radius 2 is 2.25 bits per heavy atom. The number of benzene rings is 1. The Balaban J connectivity index is 2.27. The van der Waals surface area contributed by atoms with E-state index in [0.717, 1.165) is 12.1 Å². The van der Waals surface area contributed by atoms with Gasteiger partial charge in [0.15, 0.2) is 0 Å². The molecule has 102 valence electrons. The third-order valence-electron chi connectivity index (χ3n) is 2.75. The van der Waals surface area contributed by atoms with Gasteiger partial charge in [0.25, 0.3) is 5.56 Å². The van der Waals surface area contributed by atoms with Crippen LogP contribution >= 0.6 is 11.6 Å². The average Bonchev–Trinajstić information content (AvgIpc) is 2.44. The van der Waals surface area contributed by atoms with Crippen LogP contribution in [0.25, 0.3) is 0 Å². The molecule has 5 nitrogen and oxygen atoms in total. The van der Waals surface area contributed by atoms with E-state index >= 15 is 0 Å². The van der Waals surface area contributed by atoms with Crippen LogP contribution in [0.3, 0.4) is 0 Å². The predicted octanol–water partition coefficient (Wildman–Crippen LogP) is 2.25. The SMILES string of the molecule is CCNc1cnn(Cc2ccc(C#N)cc2Cl)c(=O)c1. The summed E-state index contributed by atoms with van der Waals surface area (Å²) in [6, 6.07) is 8.48. The van der Waals surface area contributed by atoms with E-state index in [4.69, 9.17) is 16.9 Å². The topological polar surface area (TPSA) is 70.7 Å². The second-order valence-electron chi connectivity index (χ2n) is 4.19. The molecular formula is C14H13ClN4O. The number of halogens is 1. The van der Waals surface area contributed by atoms with Crippen molar-refractivity contribution in [2.75, 3.05) is 11.9 Å². The van der Waals surface area contributed by atoms with Crippen LogP contribution in [0.1, 0.15) is 18.1 Å². The van der Waals surface area contributed by atoms with Crippen molar-refractivity contribution in [1.82, 2.24) is 9.78 Å². The van der Waals surface area contributed by atoms with Gasteiger partial charge in [-0.05, 0) is 24.6 Å². The molecule has 1 heterocycles. The summed E-state index contributed by atoms with van der Waals surface area (Å²) in [6.07, 6.45) is 1.60. The smallest absolute Gasteiger partial charge is 0.269 e. The van der Waals surface area contributed by atoms with Gasteiger partial charge >= 0.3 is 0 Å². The third-order valence-corrected chi connectivity index (χ3v) is 3.10. The van der Waals surface area contributed by atoms with Crippen LogP contribution in [0.15, 0.2) is 35.3 Å². The van der Waals surface area contributed by atoms with Gasteiger partial charge in [-0.2, -0.15) is 10.4 Å². The first-order valence-corrected chi connectivity index (χ1v) is 6.51. The fraction of sp³-hybridized carbons (Fsp3) is 0.214. The van der Waals surface area contributed by atoms with Crippen molar-refractivity contribution >= 4 is 17.3 Å². The predicted molar refractivity (Wildman–Crippen MR) is 77.9 cm³/mol. The molecule has 6 heteroatoms. The molecule has 2 rings (SSSR count). The molecule has 0 spiro atoms. The second-order valence-corrected chi connectivity index (χ2v) is 4.60. The van der Waals surface area contributed by atoms with Crippen LogP contribution < -0.4 is 10.9 Å². The molecule has 0 fully saturated rings. The first-order chi connectivity index (χ1) is 9.63. The summed E-state index contributed by atoms with van der Waals surface area (Å²) in [5, 5.41) is 16.4. The number of hydrogen-bond donors (Lipinski definition) is 1. The fourth-order valence-corrected chi connectivity index (χ4v) is 2.00. The van der Waals surface area contributed by atoms with Gasteiger partial charge in [-0.25, -0.2) is 4.68 Å². The van der Waals surface area contributed by atoms with Crippen molar-refractivity contribution in [3.05, 3.63) is 57.0 Å². The number of anilines is 1. The maximum Gasteiger partial charge on any atom is 0.269 e. The highest BCUT2D eigenvalue weighted by atomic mass is 35.5. The third kappa shape index (κ3) is 3.16. The van der Waals surface area contributed by atoms with E-state index in [2.05, 4.69) is 10.4 Å². The van der Waals surface area contributed by atoms with E-state index < -0.39 is 0 Å². The molecule has 0 saturated heterocycles. The first kappa shape index (κ1) is 14.1. The van der Waals surface area contributed by atoms with Crippen LogP contribution in [-0.2, 0) is 6.54 Å². The summed E-state index contributed by atoms with van der Waals surface area (Å²) in [5.41, 5.74) is 1.72. The molecule has 1 aromatic heterocycles. The van der Waals surface area contributed by atoms with E-state index in [1.807, 2.05) is 13.0 Å². The number of nitrogens with zero attached hydrogens (tertiary/aromatic N) is 3. The lowest BCUT2D eigenvalue weighted by atomic mass is 10.1. The normalized spacial score (nSPS) is 10.1. The van der Waals surface area contributed by atoms with Crippen LogP contribution in [0.4, 0.5) is 5.69 Å². The van der Waals surface area contributed by atoms with Gasteiger partial charge in [-0.15, -0.1) is 0 Å². The minimum atomic E-state index is -0.205. The van der Waals surface area contributed by atoms with Crippen LogP contribution in [0, 0.1) is 11.3 Å². The Kier molecular flexibility index (Phi) is 4.38. The Bertz CT molecular complexity index is 718. The molecule has 0 amide bonds. The molecule has 0 atom stereocenters. The number of nitrogens with one attached hydrogen (secondary N) is 1. The molecule has 20 heavy (non-hydrogen) atoms. The van der Waals surface area contributed by atoms with Crippen molar-refractivity contribution in [3.63, 3.8) is 0 Å². The molecule has 1 aromatic carbocycles. The summed E-state index contributed by atoms with van der Waals surface area (Å²) in [4.78, 5) is 11.9. The van der Waals surface area contributed by atoms with E-state index in [0.29, 0.717) is 16.3 Å². The van der Waals surface area contributed by atoms with Crippen molar-refractivity contribution in [1.29, 1.82) is 5.26 Å². The minimum Gasteiger partial charge on any atom is -0.384 e. The van der Waals surface area contributed by atoms with E-state index in [1.54, 1.807) is 24.4 Å². The number of hydrogen-bond acceptors (Lipinski definition) is 4. The zero-order valence-electron chi connectivity index (χ0n) is 10.9. The number of aromatic nitrogens is 2. The van der Waals surface area contributed by atoms with Gasteiger partial charge in [0.1, 0.15) is 0 Å². The summed E-state index contributed by atoms with van der Waals surface area (Å²) in [6.45, 7) is 2.95. The first-order valence-electron chi connectivity index (χ1n) is 6.13. The van der Waals surface area contributed by atoms with Crippen molar-refractivity contribution in [2.24, 2.45) is 0 Å². The molecular weight excluding hydrogens is 276 g/mol. The number of rotatable bonds is 4. The summed E-state index contributed by atoms with van der Waals surface area (Å²) >= 11 is 6.08. The van der Waals surface area contributed by atoms with E-state index in [1.165, 1.54) is 10.7 Å². The molecule has 0 aliphatic heterocycles. The molecule has 0 radical (unpaired) electrons. The Morgan fingerprint density at radius 3 is 2.85 bits per heavy atom. The van der Waals surface area contributed by atoms with Crippen LogP contribution in [-0.4, -0.2) is 16.3 Å². The Morgan fingerprint density at radius 1 is 1.45 bits per heavy atom. The lowest BCUT2D eigenvalue weighted by Crippen LogP contribution is -2.23. The quantitative estimate of drug-likeness (QED) is 0.937. The number of nitriles is 1. The Hall–Kier alpha value is -2.32. The lowest BCUT2D eigenvalue weighted by Gasteiger charge is -2.08. The highest BCUT2D eigenvalue weighted by Crippen LogP contribution is 2.18. The average molecular weight is 289 g/mol. The lowest BCUT2D eigenvalue weighted by molar-refractivity contribution is 0.640. The van der Waals surface area contributed by atoms with Crippen LogP contribution in [0.2, 0.25) is 5.02 Å². The van der Waals surface area contributed by atoms with Gasteiger partial charge < -0.3 is 5.32 Å². The fourth-order valence-electron chi connectivity index (χ4n) is 1.76. The van der Waals surface area contributed by atoms with Gasteiger partial charge in [0.05, 0.1) is 30.1 Å². The molecule has 1 N–H and O–H groups in total. The molecule has 2 aromatic rings. The second kappa shape index (κ2) is 6.22. The largest absolute Gasteiger partial charge is 0.384 e. The van der Waals surface area contributed by atoms with Crippen molar-refractivity contribution in [3.8, 4) is 6.07 Å². The summed E-state index contributed by atoms with van der Waals surface area (Å²) < 4.78 is 1.33. The zero-order chi connectivity index (χ0) is 14.5. The van der Waals surface area contributed by atoms with E-state index in [9.17, 15) is 4.79 Å². The summed E-state index contributed by atoms with van der Waals surface area (Å²) in [5.74, 6) is 0. The van der Waals surface area contributed by atoms with Crippen molar-refractivity contribution < 1.29 is 0 Å². The monoisotopic (exact) mass is 288 g/mol. The van der Waals surface area contributed by atoms with Gasteiger partial charge in [-0.1, -0.05) is 17.7 Å². The molecule has 0 bridgehead atoms. The maximum absolute atomic E-state index is 11.9. The van der Waals surface area contributed by atoms with E-state index in [-0.39, 0.29) is 12.1 Å². The van der Waals surface area contributed by atoms with Crippen molar-refractivity contribution in [2.45, 2.75) is 13.5 Å². The molecule has 0 aliphatic rings. The maximum atomic E-state index is 11.9. The van der Waals surface area contributed by atoms with Gasteiger partial charge in [-0.3, -0.25) is 4.79 Å². The van der Waals surface area contributed by atoms with Gasteiger partial charge in [0.2, 0.25) is 0 Å². The minimum absolute atomic E-state index is 0.205. The standard InChI is InChI=1S/C14H13ClN4O/c1-2-17-12-6-14(20)19(18-8-12)9-11-4-3-10(7-16)5-13(11)15/h3-6,8,17H,2,9H2,1H3. The highest BCUT2D eigenvalue weighted by molar-refractivity contribution is 6.31. The van der Waals surface area contributed by atoms with Gasteiger partial charge in [0, 0.05) is 17.6 Å². The molecule has 0 saturated carbocycles. The zero-order valence-corrected chi connectivity index (χ0v) is 11.7. The molecule has 0 aliphatic carbocycles. The molecule has 0 unspecified atom stereocenters. The Labute approximate surface area is 121 Å². The summed E-state index contributed by atoms with van der Waals surface area (Å²) in [7, 11) is 0. The highest BCUT2D eigenvalue weighted by Gasteiger charge is 2.05.